The summed E-state index contributed by atoms with van der Waals surface area (Å²) in [6.07, 6.45) is 0. The number of carbonyl (C=O) groups excluding carboxylic acids is 1. The summed E-state index contributed by atoms with van der Waals surface area (Å²) in [7, 11) is 1.53. The van der Waals surface area contributed by atoms with Crippen molar-refractivity contribution >= 4 is 27.5 Å². The lowest BCUT2D eigenvalue weighted by atomic mass is 10.2. The van der Waals surface area contributed by atoms with Crippen LogP contribution in [-0.4, -0.2) is 23.2 Å². The first-order valence-corrected chi connectivity index (χ1v) is 6.47. The van der Waals surface area contributed by atoms with E-state index in [1.165, 1.54) is 25.3 Å². The number of rotatable bonds is 3. The molecule has 2 aromatic carbocycles. The lowest BCUT2D eigenvalue weighted by Gasteiger charge is -2.09. The second kappa shape index (κ2) is 5.83. The van der Waals surface area contributed by atoms with Crippen LogP contribution in [0.3, 0.4) is 0 Å². The maximum absolute atomic E-state index is 12.0. The van der Waals surface area contributed by atoms with E-state index < -0.39 is 5.91 Å². The molecule has 0 aliphatic rings. The molecule has 6 heteroatoms. The summed E-state index contributed by atoms with van der Waals surface area (Å²) in [5.41, 5.74) is 0.796. The van der Waals surface area contributed by atoms with Gasteiger partial charge in [0.1, 0.15) is 5.75 Å². The number of carbonyl (C=O) groups is 1. The van der Waals surface area contributed by atoms with Crippen molar-refractivity contribution in [2.24, 2.45) is 0 Å². The van der Waals surface area contributed by atoms with Crippen LogP contribution >= 0.6 is 15.9 Å². The van der Waals surface area contributed by atoms with Crippen LogP contribution in [0.1, 0.15) is 10.4 Å². The Hall–Kier alpha value is -2.21. The SMILES string of the molecule is COc1cc(NC(=O)c2ccc(O)c(O)c2)ccc1Br. The van der Waals surface area contributed by atoms with Crippen molar-refractivity contribution in [2.45, 2.75) is 0 Å². The van der Waals surface area contributed by atoms with E-state index in [-0.39, 0.29) is 17.1 Å². The highest BCUT2D eigenvalue weighted by molar-refractivity contribution is 9.10. The molecule has 104 valence electrons. The average molecular weight is 338 g/mol. The van der Waals surface area contributed by atoms with Crippen molar-refractivity contribution in [1.29, 1.82) is 0 Å². The summed E-state index contributed by atoms with van der Waals surface area (Å²) < 4.78 is 5.91. The van der Waals surface area contributed by atoms with Gasteiger partial charge in [-0.05, 0) is 46.3 Å². The minimum atomic E-state index is -0.398. The standard InChI is InChI=1S/C14H12BrNO4/c1-20-13-7-9(3-4-10(13)15)16-14(19)8-2-5-11(17)12(18)6-8/h2-7,17-18H,1H3,(H,16,19). The number of hydrogen-bond donors (Lipinski definition) is 3. The molecule has 0 aromatic heterocycles. The molecule has 2 aromatic rings. The number of nitrogens with one attached hydrogen (secondary N) is 1. The quantitative estimate of drug-likeness (QED) is 0.752. The monoisotopic (exact) mass is 337 g/mol. The molecule has 20 heavy (non-hydrogen) atoms. The molecule has 1 amide bonds. The maximum atomic E-state index is 12.0. The molecule has 0 radical (unpaired) electrons. The van der Waals surface area contributed by atoms with Gasteiger partial charge >= 0.3 is 0 Å². The van der Waals surface area contributed by atoms with Gasteiger partial charge in [0, 0.05) is 17.3 Å². The number of amides is 1. The number of hydrogen-bond acceptors (Lipinski definition) is 4. The summed E-state index contributed by atoms with van der Waals surface area (Å²) >= 11 is 3.32. The molecular formula is C14H12BrNO4. The highest BCUT2D eigenvalue weighted by Gasteiger charge is 2.10. The number of phenols is 2. The molecule has 0 bridgehead atoms. The predicted octanol–water partition coefficient (Wildman–Crippen LogP) is 3.12. The molecule has 0 fully saturated rings. The third-order valence-corrected chi connectivity index (χ3v) is 3.30. The van der Waals surface area contributed by atoms with Crippen LogP contribution < -0.4 is 10.1 Å². The van der Waals surface area contributed by atoms with E-state index in [2.05, 4.69) is 21.2 Å². The second-order valence-corrected chi connectivity index (χ2v) is 4.86. The average Bonchev–Trinajstić information content (AvgIpc) is 2.43. The zero-order valence-electron chi connectivity index (χ0n) is 10.6. The third kappa shape index (κ3) is 3.03. The van der Waals surface area contributed by atoms with Gasteiger partial charge in [0.2, 0.25) is 0 Å². The normalized spacial score (nSPS) is 10.1. The third-order valence-electron chi connectivity index (χ3n) is 2.65. The highest BCUT2D eigenvalue weighted by Crippen LogP contribution is 2.29. The van der Waals surface area contributed by atoms with Gasteiger partial charge in [0.25, 0.3) is 5.91 Å². The van der Waals surface area contributed by atoms with Gasteiger partial charge in [-0.3, -0.25) is 4.79 Å². The Kier molecular flexibility index (Phi) is 4.14. The molecule has 2 rings (SSSR count). The summed E-state index contributed by atoms with van der Waals surface area (Å²) in [6.45, 7) is 0. The zero-order valence-corrected chi connectivity index (χ0v) is 12.1. The number of halogens is 1. The molecule has 0 saturated heterocycles. The van der Waals surface area contributed by atoms with Crippen LogP contribution in [0.5, 0.6) is 17.2 Å². The first kappa shape index (κ1) is 14.2. The Morgan fingerprint density at radius 3 is 2.55 bits per heavy atom. The second-order valence-electron chi connectivity index (χ2n) is 4.01. The molecular weight excluding hydrogens is 326 g/mol. The van der Waals surface area contributed by atoms with Crippen LogP contribution in [0, 0.1) is 0 Å². The fourth-order valence-corrected chi connectivity index (χ4v) is 2.01. The lowest BCUT2D eigenvalue weighted by Crippen LogP contribution is -2.11. The summed E-state index contributed by atoms with van der Waals surface area (Å²) in [5, 5.41) is 21.3. The van der Waals surface area contributed by atoms with E-state index in [9.17, 15) is 15.0 Å². The molecule has 0 spiro atoms. The Balaban J connectivity index is 2.21. The largest absolute Gasteiger partial charge is 0.504 e. The Labute approximate surface area is 123 Å². The van der Waals surface area contributed by atoms with Crippen molar-refractivity contribution in [1.82, 2.24) is 0 Å². The van der Waals surface area contributed by atoms with Crippen molar-refractivity contribution in [3.8, 4) is 17.2 Å². The maximum Gasteiger partial charge on any atom is 0.255 e. The molecule has 0 aliphatic heterocycles. The minimum Gasteiger partial charge on any atom is -0.504 e. The van der Waals surface area contributed by atoms with Crippen LogP contribution in [0.4, 0.5) is 5.69 Å². The van der Waals surface area contributed by atoms with Crippen molar-refractivity contribution < 1.29 is 19.7 Å². The van der Waals surface area contributed by atoms with Gasteiger partial charge in [0.15, 0.2) is 11.5 Å². The summed E-state index contributed by atoms with van der Waals surface area (Å²) in [5.74, 6) is -0.418. The van der Waals surface area contributed by atoms with Gasteiger partial charge in [-0.25, -0.2) is 0 Å². The fourth-order valence-electron chi connectivity index (χ4n) is 1.61. The molecule has 0 heterocycles. The molecule has 5 nitrogen and oxygen atoms in total. The molecule has 0 aliphatic carbocycles. The van der Waals surface area contributed by atoms with E-state index in [1.54, 1.807) is 18.2 Å². The number of phenolic OH excluding ortho intramolecular Hbond substituents is 2. The van der Waals surface area contributed by atoms with Crippen LogP contribution in [0.15, 0.2) is 40.9 Å². The number of benzene rings is 2. The number of aromatic hydroxyl groups is 2. The first-order chi connectivity index (χ1) is 9.51. The predicted molar refractivity (Wildman–Crippen MR) is 78.4 cm³/mol. The van der Waals surface area contributed by atoms with Gasteiger partial charge in [-0.15, -0.1) is 0 Å². The van der Waals surface area contributed by atoms with Crippen molar-refractivity contribution in [2.75, 3.05) is 12.4 Å². The topological polar surface area (TPSA) is 78.8 Å². The zero-order chi connectivity index (χ0) is 14.7. The Morgan fingerprint density at radius 1 is 1.15 bits per heavy atom. The molecule has 3 N–H and O–H groups in total. The van der Waals surface area contributed by atoms with Gasteiger partial charge in [0.05, 0.1) is 11.6 Å². The Bertz CT molecular complexity index is 658. The van der Waals surface area contributed by atoms with Gasteiger partial charge in [-0.2, -0.15) is 0 Å². The number of anilines is 1. The van der Waals surface area contributed by atoms with E-state index in [0.717, 1.165) is 4.47 Å². The Morgan fingerprint density at radius 2 is 1.90 bits per heavy atom. The van der Waals surface area contributed by atoms with Crippen LogP contribution in [0.25, 0.3) is 0 Å². The lowest BCUT2D eigenvalue weighted by molar-refractivity contribution is 0.102. The smallest absolute Gasteiger partial charge is 0.255 e. The summed E-state index contributed by atoms with van der Waals surface area (Å²) in [4.78, 5) is 12.0. The molecule has 0 saturated carbocycles. The number of ether oxygens (including phenoxy) is 1. The van der Waals surface area contributed by atoms with E-state index >= 15 is 0 Å². The molecule has 0 atom stereocenters. The van der Waals surface area contributed by atoms with Crippen molar-refractivity contribution in [3.63, 3.8) is 0 Å². The molecule has 0 unspecified atom stereocenters. The van der Waals surface area contributed by atoms with Crippen LogP contribution in [0.2, 0.25) is 0 Å². The number of methoxy groups -OCH3 is 1. The first-order valence-electron chi connectivity index (χ1n) is 5.68. The van der Waals surface area contributed by atoms with Crippen molar-refractivity contribution in [3.05, 3.63) is 46.4 Å². The van der Waals surface area contributed by atoms with E-state index in [1.807, 2.05) is 0 Å². The minimum absolute atomic E-state index is 0.238. The van der Waals surface area contributed by atoms with Crippen LogP contribution in [-0.2, 0) is 0 Å². The fraction of sp³-hybridized carbons (Fsp3) is 0.0714. The van der Waals surface area contributed by atoms with Gasteiger partial charge in [-0.1, -0.05) is 0 Å². The highest BCUT2D eigenvalue weighted by atomic mass is 79.9. The van der Waals surface area contributed by atoms with Gasteiger partial charge < -0.3 is 20.3 Å². The summed E-state index contributed by atoms with van der Waals surface area (Å²) in [6, 6.07) is 9.00. The van der Waals surface area contributed by atoms with E-state index in [0.29, 0.717) is 11.4 Å². The van der Waals surface area contributed by atoms with E-state index in [4.69, 9.17) is 4.74 Å².